The van der Waals surface area contributed by atoms with E-state index in [0.29, 0.717) is 24.2 Å². The molecule has 0 aromatic rings. The Kier molecular flexibility index (Phi) is 35.5. The summed E-state index contributed by atoms with van der Waals surface area (Å²) < 4.78 is 9.23. The average Bonchev–Trinajstić information content (AvgIpc) is 2.93. The quantitative estimate of drug-likeness (QED) is 0.0771. The van der Waals surface area contributed by atoms with Crippen LogP contribution < -0.4 is 0 Å². The van der Waals surface area contributed by atoms with E-state index in [1.807, 2.05) is 6.92 Å². The monoisotopic (exact) mass is 552 g/mol. The number of carbonyl (C=O) groups excluding carboxylic acids is 2. The molecular weight excluding hydrogens is 492 g/mol. The first-order valence-corrected chi connectivity index (χ1v) is 15.1. The highest BCUT2D eigenvalue weighted by atomic mass is 16.5. The minimum atomic E-state index is -0.872. The molecule has 0 aliphatic carbocycles. The van der Waals surface area contributed by atoms with Crippen LogP contribution in [0.25, 0.3) is 0 Å². The van der Waals surface area contributed by atoms with Gasteiger partial charge in [-0.3, -0.25) is 0 Å². The molecule has 0 spiro atoms. The minimum Gasteiger partial charge on any atom is -0.478 e. The first-order chi connectivity index (χ1) is 18.7. The van der Waals surface area contributed by atoms with Crippen molar-refractivity contribution < 1.29 is 29.0 Å². The maximum Gasteiger partial charge on any atom is 0.333 e. The Hall–Kier alpha value is -2.37. The molecule has 0 aromatic heterocycles. The highest BCUT2D eigenvalue weighted by Crippen LogP contribution is 2.13. The highest BCUT2D eigenvalue weighted by molar-refractivity contribution is 5.87. The van der Waals surface area contributed by atoms with Crippen molar-refractivity contribution in [2.24, 2.45) is 0 Å². The standard InChI is InChI=1S/C22H42O2.C7H12O2.C4H6O2/c1-4-5-6-7-8-9-10-11-12-13-14-15-16-17-18-19-20-24-22(23)21(2)3;1-3-4-5-6(2)7(8)9;1-3-4(5)6-2/h2,4-20H2,1,3H3;2-5H2,1H3,(H,8,9);3H,1H2,2H3. The summed E-state index contributed by atoms with van der Waals surface area (Å²) in [6, 6.07) is 0. The zero-order chi connectivity index (χ0) is 30.2. The predicted molar refractivity (Wildman–Crippen MR) is 164 cm³/mol. The van der Waals surface area contributed by atoms with Crippen molar-refractivity contribution in [3.63, 3.8) is 0 Å². The Balaban J connectivity index is -0.000000703. The van der Waals surface area contributed by atoms with E-state index < -0.39 is 11.9 Å². The van der Waals surface area contributed by atoms with Gasteiger partial charge in [-0.25, -0.2) is 14.4 Å². The summed E-state index contributed by atoms with van der Waals surface area (Å²) in [5, 5.41) is 8.31. The van der Waals surface area contributed by atoms with Gasteiger partial charge in [0.25, 0.3) is 0 Å². The molecule has 1 N–H and O–H groups in total. The molecule has 0 amide bonds. The third-order valence-corrected chi connectivity index (χ3v) is 6.08. The van der Waals surface area contributed by atoms with Crippen LogP contribution in [0.3, 0.4) is 0 Å². The van der Waals surface area contributed by atoms with Gasteiger partial charge >= 0.3 is 17.9 Å². The van der Waals surface area contributed by atoms with E-state index in [1.165, 1.54) is 103 Å². The molecule has 0 fully saturated rings. The molecule has 0 aromatic carbocycles. The van der Waals surface area contributed by atoms with Crippen LogP contribution in [-0.2, 0) is 23.9 Å². The van der Waals surface area contributed by atoms with Crippen LogP contribution >= 0.6 is 0 Å². The number of rotatable bonds is 23. The number of hydrogen-bond donors (Lipinski definition) is 1. The van der Waals surface area contributed by atoms with Gasteiger partial charge < -0.3 is 14.6 Å². The molecule has 0 aliphatic rings. The zero-order valence-corrected chi connectivity index (χ0v) is 25.8. The molecule has 228 valence electrons. The second kappa shape index (κ2) is 33.7. The average molecular weight is 553 g/mol. The molecule has 0 heterocycles. The molecular formula is C33H60O6. The molecule has 6 nitrogen and oxygen atoms in total. The first-order valence-electron chi connectivity index (χ1n) is 15.1. The van der Waals surface area contributed by atoms with Gasteiger partial charge in [-0.15, -0.1) is 0 Å². The van der Waals surface area contributed by atoms with E-state index in [2.05, 4.69) is 31.4 Å². The lowest BCUT2D eigenvalue weighted by molar-refractivity contribution is -0.139. The van der Waals surface area contributed by atoms with Crippen LogP contribution in [0.5, 0.6) is 0 Å². The Labute approximate surface area is 240 Å². The van der Waals surface area contributed by atoms with Gasteiger partial charge in [-0.1, -0.05) is 136 Å². The van der Waals surface area contributed by atoms with Crippen molar-refractivity contribution in [2.45, 2.75) is 143 Å². The predicted octanol–water partition coefficient (Wildman–Crippen LogP) is 9.53. The summed E-state index contributed by atoms with van der Waals surface area (Å²) >= 11 is 0. The Morgan fingerprint density at radius 3 is 1.36 bits per heavy atom. The molecule has 6 heteroatoms. The van der Waals surface area contributed by atoms with Crippen LogP contribution in [0.15, 0.2) is 37.0 Å². The van der Waals surface area contributed by atoms with E-state index in [9.17, 15) is 14.4 Å². The van der Waals surface area contributed by atoms with Gasteiger partial charge in [0.05, 0.1) is 13.7 Å². The van der Waals surface area contributed by atoms with Gasteiger partial charge in [-0.05, 0) is 26.2 Å². The maximum atomic E-state index is 11.2. The third kappa shape index (κ3) is 37.8. The molecule has 0 radical (unpaired) electrons. The number of aliphatic carboxylic acids is 1. The van der Waals surface area contributed by atoms with Crippen molar-refractivity contribution in [3.05, 3.63) is 37.0 Å². The van der Waals surface area contributed by atoms with Gasteiger partial charge in [0.1, 0.15) is 0 Å². The molecule has 0 aliphatic heterocycles. The normalized spacial score (nSPS) is 9.74. The molecule has 0 bridgehead atoms. The van der Waals surface area contributed by atoms with Gasteiger partial charge in [-0.2, -0.15) is 0 Å². The zero-order valence-electron chi connectivity index (χ0n) is 25.8. The largest absolute Gasteiger partial charge is 0.478 e. The molecule has 39 heavy (non-hydrogen) atoms. The number of hydrogen-bond acceptors (Lipinski definition) is 5. The number of unbranched alkanes of at least 4 members (excludes halogenated alkanes) is 16. The number of methoxy groups -OCH3 is 1. The van der Waals surface area contributed by atoms with Crippen LogP contribution in [0, 0.1) is 0 Å². The van der Waals surface area contributed by atoms with E-state index in [4.69, 9.17) is 9.84 Å². The summed E-state index contributed by atoms with van der Waals surface area (Å²) in [4.78, 5) is 31.1. The van der Waals surface area contributed by atoms with Crippen molar-refractivity contribution >= 4 is 17.9 Å². The van der Waals surface area contributed by atoms with Crippen LogP contribution in [0.4, 0.5) is 0 Å². The van der Waals surface area contributed by atoms with Gasteiger partial charge in [0.15, 0.2) is 0 Å². The van der Waals surface area contributed by atoms with E-state index in [-0.39, 0.29) is 5.97 Å². The number of carbonyl (C=O) groups is 3. The van der Waals surface area contributed by atoms with E-state index in [0.717, 1.165) is 25.3 Å². The van der Waals surface area contributed by atoms with E-state index >= 15 is 0 Å². The van der Waals surface area contributed by atoms with Crippen LogP contribution in [-0.4, -0.2) is 36.7 Å². The number of carboxylic acid groups (broad SMARTS) is 1. The number of esters is 2. The topological polar surface area (TPSA) is 89.9 Å². The molecule has 0 rings (SSSR count). The second-order valence-electron chi connectivity index (χ2n) is 9.96. The fourth-order valence-corrected chi connectivity index (χ4v) is 3.52. The SMILES string of the molecule is C=C(C)C(=O)OCCCCCCCCCCCCCCCCCC.C=C(CCCC)C(=O)O.C=CC(=O)OC. The third-order valence-electron chi connectivity index (χ3n) is 6.08. The van der Waals surface area contributed by atoms with Crippen molar-refractivity contribution in [2.75, 3.05) is 13.7 Å². The molecule has 0 saturated heterocycles. The van der Waals surface area contributed by atoms with Crippen molar-refractivity contribution in [1.82, 2.24) is 0 Å². The van der Waals surface area contributed by atoms with Crippen molar-refractivity contribution in [1.29, 1.82) is 0 Å². The Morgan fingerprint density at radius 1 is 0.692 bits per heavy atom. The smallest absolute Gasteiger partial charge is 0.333 e. The first kappa shape index (κ1) is 41.1. The lowest BCUT2D eigenvalue weighted by Gasteiger charge is -2.05. The van der Waals surface area contributed by atoms with E-state index in [1.54, 1.807) is 6.92 Å². The second-order valence-corrected chi connectivity index (χ2v) is 9.96. The lowest BCUT2D eigenvalue weighted by Crippen LogP contribution is -2.05. The fourth-order valence-electron chi connectivity index (χ4n) is 3.52. The summed E-state index contributed by atoms with van der Waals surface area (Å²) in [6.45, 7) is 16.7. The number of ether oxygens (including phenoxy) is 2. The molecule has 0 unspecified atom stereocenters. The van der Waals surface area contributed by atoms with Crippen molar-refractivity contribution in [3.8, 4) is 0 Å². The lowest BCUT2D eigenvalue weighted by atomic mass is 10.0. The van der Waals surface area contributed by atoms with Gasteiger partial charge in [0, 0.05) is 17.2 Å². The molecule has 0 saturated carbocycles. The van der Waals surface area contributed by atoms with Crippen LogP contribution in [0.1, 0.15) is 143 Å². The van der Waals surface area contributed by atoms with Gasteiger partial charge in [0.2, 0.25) is 0 Å². The fraction of sp³-hybridized carbons (Fsp3) is 0.727. The maximum absolute atomic E-state index is 11.2. The summed E-state index contributed by atoms with van der Waals surface area (Å²) in [5.41, 5.74) is 0.809. The van der Waals surface area contributed by atoms with Crippen LogP contribution in [0.2, 0.25) is 0 Å². The summed E-state index contributed by atoms with van der Waals surface area (Å²) in [6.07, 6.45) is 25.4. The minimum absolute atomic E-state index is 0.254. The molecule has 0 atom stereocenters. The highest BCUT2D eigenvalue weighted by Gasteiger charge is 2.02. The summed E-state index contributed by atoms with van der Waals surface area (Å²) in [5.74, 6) is -1.52. The Bertz CT molecular complexity index is 638. The Morgan fingerprint density at radius 2 is 1.08 bits per heavy atom. The number of carboxylic acids is 1. The summed E-state index contributed by atoms with van der Waals surface area (Å²) in [7, 11) is 1.31.